The second kappa shape index (κ2) is 5.26. The summed E-state index contributed by atoms with van der Waals surface area (Å²) in [5.74, 6) is -1.75. The molecule has 1 N–H and O–H groups in total. The summed E-state index contributed by atoms with van der Waals surface area (Å²) >= 11 is 13.1. The van der Waals surface area contributed by atoms with Crippen molar-refractivity contribution < 1.29 is 14.3 Å². The van der Waals surface area contributed by atoms with Crippen molar-refractivity contribution in [3.8, 4) is 11.3 Å². The number of rotatable bonds is 2. The van der Waals surface area contributed by atoms with Crippen molar-refractivity contribution >= 4 is 51.4 Å². The van der Waals surface area contributed by atoms with Gasteiger partial charge in [-0.15, -0.1) is 11.3 Å². The molecule has 106 valence electrons. The Hall–Kier alpha value is -1.69. The zero-order chi connectivity index (χ0) is 15.1. The molecular weight excluding hydrogens is 336 g/mol. The number of benzene rings is 1. The van der Waals surface area contributed by atoms with Crippen LogP contribution in [-0.4, -0.2) is 16.1 Å². The molecule has 0 fully saturated rings. The standard InChI is InChI=1S/C14H6Cl2FNO2S/c15-11-5-8(13(16)21-11)10-4-7(14(19)20)6-2-1-3-9(17)12(6)18-10/h1-5H,(H,19,20). The van der Waals surface area contributed by atoms with E-state index in [1.807, 2.05) is 0 Å². The van der Waals surface area contributed by atoms with Crippen LogP contribution < -0.4 is 0 Å². The van der Waals surface area contributed by atoms with Gasteiger partial charge in [-0.2, -0.15) is 0 Å². The minimum Gasteiger partial charge on any atom is -0.478 e. The van der Waals surface area contributed by atoms with Gasteiger partial charge in [0.2, 0.25) is 0 Å². The van der Waals surface area contributed by atoms with E-state index in [2.05, 4.69) is 4.98 Å². The third-order valence-corrected chi connectivity index (χ3v) is 4.44. The Bertz CT molecular complexity index is 879. The quantitative estimate of drug-likeness (QED) is 0.704. The Labute approximate surface area is 132 Å². The Kier molecular flexibility index (Phi) is 3.57. The number of halogens is 3. The summed E-state index contributed by atoms with van der Waals surface area (Å²) in [6.45, 7) is 0. The van der Waals surface area contributed by atoms with Crippen LogP contribution >= 0.6 is 34.5 Å². The van der Waals surface area contributed by atoms with Crippen LogP contribution in [0.4, 0.5) is 4.39 Å². The number of carbonyl (C=O) groups is 1. The van der Waals surface area contributed by atoms with E-state index in [0.717, 1.165) is 11.3 Å². The average Bonchev–Trinajstić information content (AvgIpc) is 2.77. The normalized spacial score (nSPS) is 11.0. The summed E-state index contributed by atoms with van der Waals surface area (Å²) in [7, 11) is 0. The highest BCUT2D eigenvalue weighted by Gasteiger charge is 2.17. The van der Waals surface area contributed by atoms with Crippen LogP contribution in [0.2, 0.25) is 8.67 Å². The van der Waals surface area contributed by atoms with Crippen molar-refractivity contribution in [1.29, 1.82) is 0 Å². The van der Waals surface area contributed by atoms with Gasteiger partial charge in [-0.05, 0) is 18.2 Å². The zero-order valence-electron chi connectivity index (χ0n) is 10.2. The van der Waals surface area contributed by atoms with Crippen LogP contribution in [0.3, 0.4) is 0 Å². The summed E-state index contributed by atoms with van der Waals surface area (Å²) in [5, 5.41) is 9.55. The molecule has 2 heterocycles. The molecule has 2 aromatic heterocycles. The molecule has 0 saturated carbocycles. The first kappa shape index (κ1) is 14.3. The van der Waals surface area contributed by atoms with Gasteiger partial charge in [0.1, 0.15) is 15.7 Å². The maximum absolute atomic E-state index is 13.9. The van der Waals surface area contributed by atoms with E-state index in [4.69, 9.17) is 23.2 Å². The lowest BCUT2D eigenvalue weighted by molar-refractivity contribution is 0.0699. The predicted molar refractivity (Wildman–Crippen MR) is 82.0 cm³/mol. The summed E-state index contributed by atoms with van der Waals surface area (Å²) in [4.78, 5) is 15.6. The summed E-state index contributed by atoms with van der Waals surface area (Å²) in [5.41, 5.74) is 0.719. The largest absolute Gasteiger partial charge is 0.478 e. The molecule has 0 radical (unpaired) electrons. The van der Waals surface area contributed by atoms with Crippen LogP contribution in [-0.2, 0) is 0 Å². The van der Waals surface area contributed by atoms with Gasteiger partial charge in [-0.25, -0.2) is 14.2 Å². The van der Waals surface area contributed by atoms with Gasteiger partial charge >= 0.3 is 5.97 Å². The highest BCUT2D eigenvalue weighted by atomic mass is 35.5. The molecule has 0 aliphatic rings. The minimum atomic E-state index is -1.16. The molecule has 0 unspecified atom stereocenters. The van der Waals surface area contributed by atoms with Gasteiger partial charge in [-0.1, -0.05) is 35.3 Å². The molecule has 3 rings (SSSR count). The number of aromatic nitrogens is 1. The van der Waals surface area contributed by atoms with Crippen molar-refractivity contribution in [2.24, 2.45) is 0 Å². The Balaban J connectivity index is 2.37. The molecule has 0 spiro atoms. The average molecular weight is 342 g/mol. The first-order valence-electron chi connectivity index (χ1n) is 5.75. The number of nitrogens with zero attached hydrogens (tertiary/aromatic N) is 1. The van der Waals surface area contributed by atoms with Gasteiger partial charge in [0, 0.05) is 10.9 Å². The van der Waals surface area contributed by atoms with E-state index >= 15 is 0 Å². The molecule has 0 atom stereocenters. The number of thiophene rings is 1. The Morgan fingerprint density at radius 2 is 2.05 bits per heavy atom. The number of fused-ring (bicyclic) bond motifs is 1. The van der Waals surface area contributed by atoms with Gasteiger partial charge < -0.3 is 5.11 Å². The van der Waals surface area contributed by atoms with Crippen molar-refractivity contribution in [3.05, 3.63) is 50.4 Å². The first-order chi connectivity index (χ1) is 9.97. The molecule has 0 saturated heterocycles. The van der Waals surface area contributed by atoms with E-state index in [0.29, 0.717) is 14.2 Å². The third kappa shape index (κ3) is 2.48. The lowest BCUT2D eigenvalue weighted by Gasteiger charge is -2.07. The zero-order valence-corrected chi connectivity index (χ0v) is 12.6. The van der Waals surface area contributed by atoms with Gasteiger partial charge in [-0.3, -0.25) is 0 Å². The van der Waals surface area contributed by atoms with Gasteiger partial charge in [0.15, 0.2) is 0 Å². The number of pyridine rings is 1. The summed E-state index contributed by atoms with van der Waals surface area (Å²) in [6.07, 6.45) is 0. The molecule has 21 heavy (non-hydrogen) atoms. The SMILES string of the molecule is O=C(O)c1cc(-c2cc(Cl)sc2Cl)nc2c(F)cccc12. The summed E-state index contributed by atoms with van der Waals surface area (Å²) in [6, 6.07) is 7.14. The van der Waals surface area contributed by atoms with Crippen molar-refractivity contribution in [3.63, 3.8) is 0 Å². The van der Waals surface area contributed by atoms with Crippen LogP contribution in [0.15, 0.2) is 30.3 Å². The molecule has 0 amide bonds. The van der Waals surface area contributed by atoms with E-state index in [9.17, 15) is 14.3 Å². The van der Waals surface area contributed by atoms with E-state index < -0.39 is 11.8 Å². The molecule has 1 aromatic carbocycles. The van der Waals surface area contributed by atoms with Crippen molar-refractivity contribution in [2.45, 2.75) is 0 Å². The Morgan fingerprint density at radius 3 is 2.67 bits per heavy atom. The summed E-state index contributed by atoms with van der Waals surface area (Å²) < 4.78 is 14.7. The van der Waals surface area contributed by atoms with Crippen molar-refractivity contribution in [2.75, 3.05) is 0 Å². The Morgan fingerprint density at radius 1 is 1.29 bits per heavy atom. The molecule has 0 aliphatic carbocycles. The maximum Gasteiger partial charge on any atom is 0.336 e. The fourth-order valence-electron chi connectivity index (χ4n) is 2.04. The fourth-order valence-corrected chi connectivity index (χ4v) is 3.52. The van der Waals surface area contributed by atoms with E-state index in [-0.39, 0.29) is 22.2 Å². The molecule has 3 aromatic rings. The number of carboxylic acid groups (broad SMARTS) is 1. The minimum absolute atomic E-state index is 0.00853. The number of carboxylic acids is 1. The van der Waals surface area contributed by atoms with Gasteiger partial charge in [0.05, 0.1) is 15.6 Å². The van der Waals surface area contributed by atoms with Crippen molar-refractivity contribution in [1.82, 2.24) is 4.98 Å². The number of hydrogen-bond acceptors (Lipinski definition) is 3. The highest BCUT2D eigenvalue weighted by molar-refractivity contribution is 7.20. The smallest absolute Gasteiger partial charge is 0.336 e. The van der Waals surface area contributed by atoms with E-state index in [1.165, 1.54) is 24.3 Å². The topological polar surface area (TPSA) is 50.2 Å². The lowest BCUT2D eigenvalue weighted by Crippen LogP contribution is -2.01. The van der Waals surface area contributed by atoms with E-state index in [1.54, 1.807) is 6.07 Å². The molecular formula is C14H6Cl2FNO2S. The molecule has 3 nitrogen and oxygen atoms in total. The monoisotopic (exact) mass is 341 g/mol. The number of hydrogen-bond donors (Lipinski definition) is 1. The number of para-hydroxylation sites is 1. The molecule has 0 aliphatic heterocycles. The second-order valence-corrected chi connectivity index (χ2v) is 6.52. The van der Waals surface area contributed by atoms with Gasteiger partial charge in [0.25, 0.3) is 0 Å². The molecule has 7 heteroatoms. The fraction of sp³-hybridized carbons (Fsp3) is 0. The lowest BCUT2D eigenvalue weighted by atomic mass is 10.1. The van der Waals surface area contributed by atoms with Crippen LogP contribution in [0.5, 0.6) is 0 Å². The second-order valence-electron chi connectivity index (χ2n) is 4.23. The van der Waals surface area contributed by atoms with Crippen LogP contribution in [0.1, 0.15) is 10.4 Å². The molecule has 0 bridgehead atoms. The first-order valence-corrected chi connectivity index (χ1v) is 7.32. The third-order valence-electron chi connectivity index (χ3n) is 2.95. The van der Waals surface area contributed by atoms with Crippen LogP contribution in [0.25, 0.3) is 22.2 Å². The van der Waals surface area contributed by atoms with Crippen LogP contribution in [0, 0.1) is 5.82 Å². The highest BCUT2D eigenvalue weighted by Crippen LogP contribution is 2.38. The maximum atomic E-state index is 13.9. The number of aromatic carboxylic acids is 1. The predicted octanol–water partition coefficient (Wildman–Crippen LogP) is 5.11.